The molecule has 0 aliphatic carbocycles. The van der Waals surface area contributed by atoms with E-state index in [1.807, 2.05) is 61.8 Å². The van der Waals surface area contributed by atoms with Crippen molar-refractivity contribution in [2.24, 2.45) is 7.05 Å². The third-order valence-corrected chi connectivity index (χ3v) is 4.73. The summed E-state index contributed by atoms with van der Waals surface area (Å²) in [4.78, 5) is 14.5. The second kappa shape index (κ2) is 7.51. The Kier molecular flexibility index (Phi) is 5.65. The van der Waals surface area contributed by atoms with Crippen molar-refractivity contribution in [1.82, 2.24) is 14.7 Å². The molecule has 1 amide bonds. The lowest BCUT2D eigenvalue weighted by Crippen LogP contribution is -2.37. The predicted octanol–water partition coefficient (Wildman–Crippen LogP) is 2.68. The quantitative estimate of drug-likeness (QED) is 0.818. The zero-order chi connectivity index (χ0) is 17.9. The zero-order valence-corrected chi connectivity index (χ0v) is 15.5. The fourth-order valence-corrected chi connectivity index (χ4v) is 2.83. The average molecular weight is 329 g/mol. The summed E-state index contributed by atoms with van der Waals surface area (Å²) in [5.74, 6) is 0.966. The molecule has 1 aromatic heterocycles. The summed E-state index contributed by atoms with van der Waals surface area (Å²) in [7, 11) is 5.44. The predicted molar refractivity (Wildman–Crippen MR) is 95.3 cm³/mol. The number of methoxy groups -OCH3 is 1. The van der Waals surface area contributed by atoms with Crippen molar-refractivity contribution in [3.63, 3.8) is 0 Å². The van der Waals surface area contributed by atoms with Crippen LogP contribution in [-0.4, -0.2) is 40.8 Å². The SMILES string of the molecule is COc1ccc(C[C@H](C)N(C)C(=O)Cc2c(C)nn(C)c2C)cc1. The first-order valence-electron chi connectivity index (χ1n) is 8.21. The molecule has 0 bridgehead atoms. The Bertz CT molecular complexity index is 704. The largest absolute Gasteiger partial charge is 0.497 e. The Morgan fingerprint density at radius 2 is 1.92 bits per heavy atom. The van der Waals surface area contributed by atoms with Crippen molar-refractivity contribution in [1.29, 1.82) is 0 Å². The highest BCUT2D eigenvalue weighted by atomic mass is 16.5. The number of benzene rings is 1. The van der Waals surface area contributed by atoms with E-state index >= 15 is 0 Å². The van der Waals surface area contributed by atoms with Crippen LogP contribution in [0, 0.1) is 13.8 Å². The lowest BCUT2D eigenvalue weighted by Gasteiger charge is -2.25. The van der Waals surface area contributed by atoms with E-state index in [-0.39, 0.29) is 11.9 Å². The van der Waals surface area contributed by atoms with E-state index in [0.717, 1.165) is 29.1 Å². The summed E-state index contributed by atoms with van der Waals surface area (Å²) in [6, 6.07) is 8.12. The van der Waals surface area contributed by atoms with Gasteiger partial charge in [-0.1, -0.05) is 12.1 Å². The van der Waals surface area contributed by atoms with Crippen LogP contribution in [0.4, 0.5) is 0 Å². The van der Waals surface area contributed by atoms with Crippen LogP contribution in [-0.2, 0) is 24.7 Å². The van der Waals surface area contributed by atoms with Gasteiger partial charge in [-0.05, 0) is 44.9 Å². The van der Waals surface area contributed by atoms with E-state index < -0.39 is 0 Å². The third kappa shape index (κ3) is 3.96. The molecule has 0 aliphatic rings. The van der Waals surface area contributed by atoms with Gasteiger partial charge >= 0.3 is 0 Å². The molecule has 0 saturated heterocycles. The Morgan fingerprint density at radius 3 is 2.42 bits per heavy atom. The summed E-state index contributed by atoms with van der Waals surface area (Å²) < 4.78 is 7.01. The number of amides is 1. The maximum absolute atomic E-state index is 12.6. The number of likely N-dealkylation sites (N-methyl/N-ethyl adjacent to an activating group) is 1. The summed E-state index contributed by atoms with van der Waals surface area (Å²) in [5, 5.41) is 4.39. The second-order valence-corrected chi connectivity index (χ2v) is 6.36. The van der Waals surface area contributed by atoms with Crippen LogP contribution >= 0.6 is 0 Å². The first-order chi connectivity index (χ1) is 11.3. The Labute approximate surface area is 144 Å². The van der Waals surface area contributed by atoms with Crippen molar-refractivity contribution in [2.75, 3.05) is 14.2 Å². The molecule has 1 aromatic carbocycles. The van der Waals surface area contributed by atoms with Gasteiger partial charge < -0.3 is 9.64 Å². The average Bonchev–Trinajstić information content (AvgIpc) is 2.81. The van der Waals surface area contributed by atoms with Crippen LogP contribution in [0.5, 0.6) is 5.75 Å². The number of nitrogens with zero attached hydrogens (tertiary/aromatic N) is 3. The van der Waals surface area contributed by atoms with Crippen LogP contribution in [0.1, 0.15) is 29.4 Å². The van der Waals surface area contributed by atoms with Crippen LogP contribution in [0.2, 0.25) is 0 Å². The van der Waals surface area contributed by atoms with Crippen molar-refractivity contribution in [3.05, 3.63) is 46.8 Å². The first kappa shape index (κ1) is 18.0. The molecule has 0 aliphatic heterocycles. The number of carbonyl (C=O) groups is 1. The van der Waals surface area contributed by atoms with Gasteiger partial charge in [-0.15, -0.1) is 0 Å². The van der Waals surface area contributed by atoms with E-state index in [4.69, 9.17) is 4.74 Å². The van der Waals surface area contributed by atoms with Crippen LogP contribution in [0.15, 0.2) is 24.3 Å². The smallest absolute Gasteiger partial charge is 0.227 e. The molecule has 5 heteroatoms. The molecule has 0 saturated carbocycles. The van der Waals surface area contributed by atoms with E-state index in [1.165, 1.54) is 5.56 Å². The normalized spacial score (nSPS) is 12.1. The van der Waals surface area contributed by atoms with Gasteiger partial charge in [0.2, 0.25) is 5.91 Å². The van der Waals surface area contributed by atoms with E-state index in [0.29, 0.717) is 6.42 Å². The molecule has 0 fully saturated rings. The van der Waals surface area contributed by atoms with Crippen molar-refractivity contribution < 1.29 is 9.53 Å². The molecule has 0 N–H and O–H groups in total. The van der Waals surface area contributed by atoms with Gasteiger partial charge in [0, 0.05) is 31.4 Å². The number of ether oxygens (including phenoxy) is 1. The van der Waals surface area contributed by atoms with E-state index in [1.54, 1.807) is 7.11 Å². The van der Waals surface area contributed by atoms with Crippen LogP contribution in [0.25, 0.3) is 0 Å². The molecule has 1 heterocycles. The number of hydrogen-bond donors (Lipinski definition) is 0. The highest BCUT2D eigenvalue weighted by molar-refractivity contribution is 5.79. The molecule has 0 unspecified atom stereocenters. The fourth-order valence-electron chi connectivity index (χ4n) is 2.83. The van der Waals surface area contributed by atoms with Gasteiger partial charge in [0.05, 0.1) is 19.2 Å². The highest BCUT2D eigenvalue weighted by Gasteiger charge is 2.20. The lowest BCUT2D eigenvalue weighted by molar-refractivity contribution is -0.130. The molecular weight excluding hydrogens is 302 g/mol. The maximum atomic E-state index is 12.6. The van der Waals surface area contributed by atoms with Crippen molar-refractivity contribution >= 4 is 5.91 Å². The minimum absolute atomic E-state index is 0.121. The summed E-state index contributed by atoms with van der Waals surface area (Å²) >= 11 is 0. The summed E-state index contributed by atoms with van der Waals surface area (Å²) in [6.45, 7) is 6.03. The molecule has 0 radical (unpaired) electrons. The van der Waals surface area contributed by atoms with E-state index in [2.05, 4.69) is 12.0 Å². The monoisotopic (exact) mass is 329 g/mol. The summed E-state index contributed by atoms with van der Waals surface area (Å²) in [5.41, 5.74) is 4.21. The molecule has 2 aromatic rings. The van der Waals surface area contributed by atoms with Gasteiger partial charge in [0.1, 0.15) is 5.75 Å². The number of hydrogen-bond acceptors (Lipinski definition) is 3. The molecule has 2 rings (SSSR count). The molecule has 0 spiro atoms. The molecule has 1 atom stereocenters. The van der Waals surface area contributed by atoms with Gasteiger partial charge in [0.25, 0.3) is 0 Å². The topological polar surface area (TPSA) is 47.4 Å². The molecule has 24 heavy (non-hydrogen) atoms. The molecular formula is C19H27N3O2. The molecule has 130 valence electrons. The van der Waals surface area contributed by atoms with Gasteiger partial charge in [-0.2, -0.15) is 5.10 Å². The standard InChI is InChI=1S/C19H27N3O2/c1-13(11-16-7-9-17(24-6)10-8-16)21(4)19(23)12-18-14(2)20-22(5)15(18)3/h7-10,13H,11-12H2,1-6H3/t13-/m0/s1. The second-order valence-electron chi connectivity index (χ2n) is 6.36. The Hall–Kier alpha value is -2.30. The first-order valence-corrected chi connectivity index (χ1v) is 8.21. The van der Waals surface area contributed by atoms with Gasteiger partial charge in [0.15, 0.2) is 0 Å². The van der Waals surface area contributed by atoms with Crippen LogP contribution in [0.3, 0.4) is 0 Å². The number of aryl methyl sites for hydroxylation is 2. The zero-order valence-electron chi connectivity index (χ0n) is 15.5. The number of aromatic nitrogens is 2. The third-order valence-electron chi connectivity index (χ3n) is 4.73. The number of rotatable bonds is 6. The van der Waals surface area contributed by atoms with Crippen molar-refractivity contribution in [3.8, 4) is 5.75 Å². The minimum Gasteiger partial charge on any atom is -0.497 e. The maximum Gasteiger partial charge on any atom is 0.227 e. The highest BCUT2D eigenvalue weighted by Crippen LogP contribution is 2.17. The Balaban J connectivity index is 2.01. The Morgan fingerprint density at radius 1 is 1.29 bits per heavy atom. The van der Waals surface area contributed by atoms with Crippen molar-refractivity contribution in [2.45, 2.75) is 39.7 Å². The van der Waals surface area contributed by atoms with Gasteiger partial charge in [-0.3, -0.25) is 9.48 Å². The van der Waals surface area contributed by atoms with Gasteiger partial charge in [-0.25, -0.2) is 0 Å². The van der Waals surface area contributed by atoms with E-state index in [9.17, 15) is 4.79 Å². The summed E-state index contributed by atoms with van der Waals surface area (Å²) in [6.07, 6.45) is 1.21. The minimum atomic E-state index is 0.121. The van der Waals surface area contributed by atoms with Crippen LogP contribution < -0.4 is 4.74 Å². The lowest BCUT2D eigenvalue weighted by atomic mass is 10.0. The number of carbonyl (C=O) groups excluding carboxylic acids is 1. The fraction of sp³-hybridized carbons (Fsp3) is 0.474. The molecule has 5 nitrogen and oxygen atoms in total.